The van der Waals surface area contributed by atoms with Gasteiger partial charge in [-0.1, -0.05) is 0 Å². The van der Waals surface area contributed by atoms with Crippen LogP contribution in [0.25, 0.3) is 10.1 Å². The number of amides is 1. The fourth-order valence-corrected chi connectivity index (χ4v) is 3.99. The van der Waals surface area contributed by atoms with E-state index in [1.807, 2.05) is 11.8 Å². The van der Waals surface area contributed by atoms with Crippen LogP contribution >= 0.6 is 11.3 Å². The van der Waals surface area contributed by atoms with Crippen LogP contribution < -0.4 is 0 Å². The second kappa shape index (κ2) is 5.73. The lowest BCUT2D eigenvalue weighted by Crippen LogP contribution is -2.40. The molecule has 1 fully saturated rings. The van der Waals surface area contributed by atoms with Crippen LogP contribution in [0.4, 0.5) is 4.39 Å². The first-order valence-electron chi connectivity index (χ1n) is 7.11. The molecule has 1 amide bonds. The Hall–Kier alpha value is -1.46. The zero-order chi connectivity index (χ0) is 15.0. The molecule has 0 unspecified atom stereocenters. The highest BCUT2D eigenvalue weighted by molar-refractivity contribution is 7.21. The van der Waals surface area contributed by atoms with E-state index in [9.17, 15) is 9.18 Å². The van der Waals surface area contributed by atoms with Crippen LogP contribution in [0.1, 0.15) is 28.1 Å². The Morgan fingerprint density at radius 2 is 2.10 bits per heavy atom. The molecule has 1 saturated heterocycles. The standard InChI is InChI=1S/C16H18FNO2S/c1-10-13-9-11(17)3-4-14(13)21-15(10)16(19)18-7-5-12(20-2)6-8-18/h3-4,9,12H,5-8H2,1-2H3. The van der Waals surface area contributed by atoms with Crippen LogP contribution in [0.2, 0.25) is 0 Å². The van der Waals surface area contributed by atoms with Gasteiger partial charge in [-0.3, -0.25) is 4.79 Å². The number of thiophene rings is 1. The molecule has 1 aromatic carbocycles. The number of halogens is 1. The van der Waals surface area contributed by atoms with Crippen molar-refractivity contribution in [3.8, 4) is 0 Å². The van der Waals surface area contributed by atoms with Gasteiger partial charge in [0.1, 0.15) is 5.82 Å². The molecule has 3 nitrogen and oxygen atoms in total. The number of aryl methyl sites for hydroxylation is 1. The Morgan fingerprint density at radius 1 is 1.38 bits per heavy atom. The first-order chi connectivity index (χ1) is 10.1. The summed E-state index contributed by atoms with van der Waals surface area (Å²) >= 11 is 1.45. The second-order valence-corrected chi connectivity index (χ2v) is 6.48. The third kappa shape index (κ3) is 2.68. The molecule has 112 valence electrons. The number of ether oxygens (including phenoxy) is 1. The number of hydrogen-bond donors (Lipinski definition) is 0. The molecule has 0 spiro atoms. The summed E-state index contributed by atoms with van der Waals surface area (Å²) in [7, 11) is 1.72. The number of carbonyl (C=O) groups is 1. The van der Waals surface area contributed by atoms with Gasteiger partial charge < -0.3 is 9.64 Å². The Labute approximate surface area is 127 Å². The Bertz CT molecular complexity index is 674. The van der Waals surface area contributed by atoms with E-state index in [1.54, 1.807) is 13.2 Å². The van der Waals surface area contributed by atoms with Crippen molar-refractivity contribution in [3.05, 3.63) is 34.5 Å². The van der Waals surface area contributed by atoms with Gasteiger partial charge in [-0.2, -0.15) is 0 Å². The number of methoxy groups -OCH3 is 1. The highest BCUT2D eigenvalue weighted by Gasteiger charge is 2.26. The van der Waals surface area contributed by atoms with Gasteiger partial charge in [0.15, 0.2) is 0 Å². The predicted octanol–water partition coefficient (Wildman–Crippen LogP) is 3.60. The second-order valence-electron chi connectivity index (χ2n) is 5.42. The van der Waals surface area contributed by atoms with E-state index in [1.165, 1.54) is 23.5 Å². The highest BCUT2D eigenvalue weighted by Crippen LogP contribution is 2.32. The van der Waals surface area contributed by atoms with Crippen molar-refractivity contribution in [1.29, 1.82) is 0 Å². The third-order valence-electron chi connectivity index (χ3n) is 4.16. The predicted molar refractivity (Wildman–Crippen MR) is 82.5 cm³/mol. The van der Waals surface area contributed by atoms with Gasteiger partial charge in [-0.15, -0.1) is 11.3 Å². The number of nitrogens with zero attached hydrogens (tertiary/aromatic N) is 1. The molecule has 2 heterocycles. The maximum absolute atomic E-state index is 13.4. The fourth-order valence-electron chi connectivity index (χ4n) is 2.84. The van der Waals surface area contributed by atoms with Crippen molar-refractivity contribution < 1.29 is 13.9 Å². The molecule has 21 heavy (non-hydrogen) atoms. The summed E-state index contributed by atoms with van der Waals surface area (Å²) < 4.78 is 19.7. The average Bonchev–Trinajstić information content (AvgIpc) is 2.83. The highest BCUT2D eigenvalue weighted by atomic mass is 32.1. The quantitative estimate of drug-likeness (QED) is 0.848. The number of piperidine rings is 1. The first-order valence-corrected chi connectivity index (χ1v) is 7.92. The minimum Gasteiger partial charge on any atom is -0.381 e. The van der Waals surface area contributed by atoms with E-state index in [4.69, 9.17) is 4.74 Å². The monoisotopic (exact) mass is 307 g/mol. The summed E-state index contributed by atoms with van der Waals surface area (Å²) in [4.78, 5) is 15.3. The number of likely N-dealkylation sites (tertiary alicyclic amines) is 1. The summed E-state index contributed by atoms with van der Waals surface area (Å²) in [6.07, 6.45) is 2.01. The lowest BCUT2D eigenvalue weighted by Gasteiger charge is -2.31. The zero-order valence-corrected chi connectivity index (χ0v) is 13.0. The number of benzene rings is 1. The number of hydrogen-bond acceptors (Lipinski definition) is 3. The van der Waals surface area contributed by atoms with Gasteiger partial charge in [-0.05, 0) is 48.9 Å². The van der Waals surface area contributed by atoms with E-state index >= 15 is 0 Å². The van der Waals surface area contributed by atoms with Crippen molar-refractivity contribution in [2.75, 3.05) is 20.2 Å². The molecule has 0 saturated carbocycles. The van der Waals surface area contributed by atoms with Gasteiger partial charge in [-0.25, -0.2) is 4.39 Å². The fraction of sp³-hybridized carbons (Fsp3) is 0.438. The average molecular weight is 307 g/mol. The molecule has 5 heteroatoms. The molecule has 0 radical (unpaired) electrons. The van der Waals surface area contributed by atoms with Crippen LogP contribution in [0.5, 0.6) is 0 Å². The summed E-state index contributed by atoms with van der Waals surface area (Å²) in [6.45, 7) is 3.34. The zero-order valence-electron chi connectivity index (χ0n) is 12.2. The summed E-state index contributed by atoms with van der Waals surface area (Å²) in [6, 6.07) is 4.70. The van der Waals surface area contributed by atoms with Crippen molar-refractivity contribution in [3.63, 3.8) is 0 Å². The Balaban J connectivity index is 1.87. The molecule has 1 aromatic heterocycles. The molecule has 1 aliphatic rings. The van der Waals surface area contributed by atoms with Crippen molar-refractivity contribution in [2.45, 2.75) is 25.9 Å². The largest absolute Gasteiger partial charge is 0.381 e. The van der Waals surface area contributed by atoms with Crippen LogP contribution in [-0.2, 0) is 4.74 Å². The number of rotatable bonds is 2. The van der Waals surface area contributed by atoms with Gasteiger partial charge in [0, 0.05) is 24.9 Å². The molecular weight excluding hydrogens is 289 g/mol. The summed E-state index contributed by atoms with van der Waals surface area (Å²) in [5.41, 5.74) is 0.883. The van der Waals surface area contributed by atoms with Gasteiger partial charge in [0.25, 0.3) is 5.91 Å². The minimum atomic E-state index is -0.261. The van der Waals surface area contributed by atoms with E-state index in [2.05, 4.69) is 0 Å². The molecule has 0 atom stereocenters. The molecule has 3 rings (SSSR count). The molecule has 1 aliphatic heterocycles. The Morgan fingerprint density at radius 3 is 2.76 bits per heavy atom. The lowest BCUT2D eigenvalue weighted by molar-refractivity contribution is 0.0353. The maximum Gasteiger partial charge on any atom is 0.264 e. The Kier molecular flexibility index (Phi) is 3.95. The van der Waals surface area contributed by atoms with Crippen LogP contribution in [0.15, 0.2) is 18.2 Å². The first kappa shape index (κ1) is 14.5. The van der Waals surface area contributed by atoms with E-state index in [0.29, 0.717) is 0 Å². The third-order valence-corrected chi connectivity index (χ3v) is 5.42. The van der Waals surface area contributed by atoms with Crippen LogP contribution in [0, 0.1) is 12.7 Å². The molecule has 2 aromatic rings. The number of carbonyl (C=O) groups excluding carboxylic acids is 1. The van der Waals surface area contributed by atoms with Crippen molar-refractivity contribution >= 4 is 27.3 Å². The van der Waals surface area contributed by atoms with E-state index in [-0.39, 0.29) is 17.8 Å². The van der Waals surface area contributed by atoms with Gasteiger partial charge >= 0.3 is 0 Å². The molecular formula is C16H18FNO2S. The van der Waals surface area contributed by atoms with Crippen molar-refractivity contribution in [1.82, 2.24) is 4.90 Å². The smallest absolute Gasteiger partial charge is 0.264 e. The van der Waals surface area contributed by atoms with E-state index < -0.39 is 0 Å². The minimum absolute atomic E-state index is 0.0589. The molecule has 0 bridgehead atoms. The SMILES string of the molecule is COC1CCN(C(=O)c2sc3ccc(F)cc3c2C)CC1. The molecule has 0 aliphatic carbocycles. The van der Waals surface area contributed by atoms with Gasteiger partial charge in [0.2, 0.25) is 0 Å². The topological polar surface area (TPSA) is 29.5 Å². The van der Waals surface area contributed by atoms with Crippen LogP contribution in [0.3, 0.4) is 0 Å². The van der Waals surface area contributed by atoms with E-state index in [0.717, 1.165) is 46.5 Å². The number of fused-ring (bicyclic) bond motifs is 1. The van der Waals surface area contributed by atoms with Crippen LogP contribution in [-0.4, -0.2) is 37.1 Å². The maximum atomic E-state index is 13.4. The van der Waals surface area contributed by atoms with Gasteiger partial charge in [0.05, 0.1) is 11.0 Å². The normalized spacial score (nSPS) is 16.6. The summed E-state index contributed by atoms with van der Waals surface area (Å²) in [5, 5.41) is 0.843. The van der Waals surface area contributed by atoms with Crippen molar-refractivity contribution in [2.24, 2.45) is 0 Å². The lowest BCUT2D eigenvalue weighted by atomic mass is 10.1. The summed E-state index contributed by atoms with van der Waals surface area (Å²) in [5.74, 6) is -0.202. The molecule has 0 N–H and O–H groups in total.